The van der Waals surface area contributed by atoms with E-state index in [4.69, 9.17) is 0 Å². The molecule has 4 heteroatoms. The van der Waals surface area contributed by atoms with Gasteiger partial charge in [-0.05, 0) is 52.4 Å². The van der Waals surface area contributed by atoms with Crippen molar-refractivity contribution in [3.05, 3.63) is 0 Å². The molecule has 1 unspecified atom stereocenters. The summed E-state index contributed by atoms with van der Waals surface area (Å²) in [7, 11) is 2.21. The number of hydrogen-bond donors (Lipinski definition) is 1. The van der Waals surface area contributed by atoms with E-state index in [1.165, 1.54) is 71.5 Å². The Labute approximate surface area is 112 Å². The number of nitrogens with one attached hydrogen (secondary N) is 1. The first-order valence-corrected chi connectivity index (χ1v) is 7.70. The van der Waals surface area contributed by atoms with Crippen LogP contribution in [0.15, 0.2) is 0 Å². The van der Waals surface area contributed by atoms with Crippen molar-refractivity contribution in [2.24, 2.45) is 0 Å². The molecule has 0 bridgehead atoms. The number of likely N-dealkylation sites (tertiary alicyclic amines) is 1. The van der Waals surface area contributed by atoms with E-state index in [1.54, 1.807) is 0 Å². The Hall–Kier alpha value is -0.160. The Morgan fingerprint density at radius 2 is 1.78 bits per heavy atom. The molecule has 0 spiro atoms. The van der Waals surface area contributed by atoms with Crippen LogP contribution in [0.5, 0.6) is 0 Å². The number of likely N-dealkylation sites (N-methyl/N-ethyl adjacent to an activating group) is 1. The summed E-state index contributed by atoms with van der Waals surface area (Å²) in [6.45, 7) is 10.9. The van der Waals surface area contributed by atoms with Gasteiger partial charge in [0.25, 0.3) is 0 Å². The highest BCUT2D eigenvalue weighted by Gasteiger charge is 2.20. The highest BCUT2D eigenvalue weighted by molar-refractivity contribution is 4.76. The van der Waals surface area contributed by atoms with Gasteiger partial charge in [0.15, 0.2) is 0 Å². The number of piperazine rings is 1. The molecule has 1 atom stereocenters. The number of hydrazine groups is 1. The molecule has 2 fully saturated rings. The van der Waals surface area contributed by atoms with Crippen molar-refractivity contribution in [3.63, 3.8) is 0 Å². The maximum absolute atomic E-state index is 3.76. The summed E-state index contributed by atoms with van der Waals surface area (Å²) in [6.07, 6.45) is 5.29. The van der Waals surface area contributed by atoms with Crippen molar-refractivity contribution < 1.29 is 0 Å². The molecule has 0 aromatic carbocycles. The molecular formula is C14H30N4. The minimum atomic E-state index is 0.704. The van der Waals surface area contributed by atoms with Gasteiger partial charge in [-0.3, -0.25) is 5.43 Å². The predicted molar refractivity (Wildman–Crippen MR) is 76.6 cm³/mol. The quantitative estimate of drug-likeness (QED) is 0.808. The van der Waals surface area contributed by atoms with E-state index in [-0.39, 0.29) is 0 Å². The lowest BCUT2D eigenvalue weighted by atomic mass is 10.1. The molecule has 2 saturated heterocycles. The molecule has 2 rings (SSSR count). The zero-order valence-electron chi connectivity index (χ0n) is 12.2. The van der Waals surface area contributed by atoms with Crippen LogP contribution in [0.4, 0.5) is 0 Å². The first-order valence-electron chi connectivity index (χ1n) is 7.70. The average molecular weight is 254 g/mol. The van der Waals surface area contributed by atoms with Gasteiger partial charge in [-0.1, -0.05) is 6.92 Å². The molecule has 4 nitrogen and oxygen atoms in total. The molecule has 0 amide bonds. The summed E-state index contributed by atoms with van der Waals surface area (Å²) in [5.41, 5.74) is 3.76. The van der Waals surface area contributed by atoms with Gasteiger partial charge < -0.3 is 9.80 Å². The average Bonchev–Trinajstić information content (AvgIpc) is 2.59. The predicted octanol–water partition coefficient (Wildman–Crippen LogP) is 1.00. The summed E-state index contributed by atoms with van der Waals surface area (Å²) in [4.78, 5) is 5.04. The van der Waals surface area contributed by atoms with E-state index >= 15 is 0 Å². The molecule has 0 aliphatic carbocycles. The molecule has 0 saturated carbocycles. The smallest absolute Gasteiger partial charge is 0.0259 e. The molecule has 0 aromatic heterocycles. The molecule has 0 aromatic rings. The van der Waals surface area contributed by atoms with Crippen LogP contribution in [0.1, 0.15) is 32.6 Å². The van der Waals surface area contributed by atoms with Crippen LogP contribution in [-0.4, -0.2) is 73.7 Å². The fourth-order valence-electron chi connectivity index (χ4n) is 3.02. The van der Waals surface area contributed by atoms with Crippen molar-refractivity contribution in [1.29, 1.82) is 0 Å². The van der Waals surface area contributed by atoms with Gasteiger partial charge in [0.1, 0.15) is 0 Å². The standard InChI is InChI=1S/C14H30N4/c1-3-7-17-8-4-5-14(6-9-17)15-18-12-10-16(2)11-13-18/h14-15H,3-13H2,1-2H3. The summed E-state index contributed by atoms with van der Waals surface area (Å²) in [6, 6.07) is 0.704. The zero-order valence-corrected chi connectivity index (χ0v) is 12.2. The number of rotatable bonds is 4. The highest BCUT2D eigenvalue weighted by Crippen LogP contribution is 2.12. The van der Waals surface area contributed by atoms with Gasteiger partial charge in [0.2, 0.25) is 0 Å². The molecule has 2 heterocycles. The van der Waals surface area contributed by atoms with Crippen LogP contribution in [0.3, 0.4) is 0 Å². The van der Waals surface area contributed by atoms with E-state index in [9.17, 15) is 0 Å². The monoisotopic (exact) mass is 254 g/mol. The Kier molecular flexibility index (Phi) is 5.89. The Morgan fingerprint density at radius 3 is 2.50 bits per heavy atom. The Bertz CT molecular complexity index is 226. The van der Waals surface area contributed by atoms with Crippen molar-refractivity contribution in [2.45, 2.75) is 38.6 Å². The number of hydrogen-bond acceptors (Lipinski definition) is 4. The largest absolute Gasteiger partial charge is 0.304 e. The minimum Gasteiger partial charge on any atom is -0.304 e. The molecule has 2 aliphatic heterocycles. The summed E-state index contributed by atoms with van der Waals surface area (Å²) in [5, 5.41) is 2.44. The minimum absolute atomic E-state index is 0.704. The van der Waals surface area contributed by atoms with E-state index in [0.29, 0.717) is 6.04 Å². The van der Waals surface area contributed by atoms with Crippen LogP contribution in [0.2, 0.25) is 0 Å². The van der Waals surface area contributed by atoms with Crippen LogP contribution >= 0.6 is 0 Å². The third kappa shape index (κ3) is 4.50. The van der Waals surface area contributed by atoms with E-state index in [0.717, 1.165) is 0 Å². The second-order valence-corrected chi connectivity index (χ2v) is 5.89. The molecule has 0 radical (unpaired) electrons. The molecule has 106 valence electrons. The third-order valence-electron chi connectivity index (χ3n) is 4.23. The van der Waals surface area contributed by atoms with Crippen LogP contribution in [0.25, 0.3) is 0 Å². The number of nitrogens with zero attached hydrogens (tertiary/aromatic N) is 3. The normalized spacial score (nSPS) is 29.3. The maximum Gasteiger partial charge on any atom is 0.0259 e. The van der Waals surface area contributed by atoms with E-state index < -0.39 is 0 Å². The van der Waals surface area contributed by atoms with E-state index in [2.05, 4.69) is 34.2 Å². The van der Waals surface area contributed by atoms with Crippen molar-refractivity contribution in [2.75, 3.05) is 52.9 Å². The van der Waals surface area contributed by atoms with Crippen molar-refractivity contribution in [1.82, 2.24) is 20.2 Å². The first-order chi connectivity index (χ1) is 8.78. The van der Waals surface area contributed by atoms with Crippen molar-refractivity contribution in [3.8, 4) is 0 Å². The highest BCUT2D eigenvalue weighted by atomic mass is 15.5. The summed E-state index contributed by atoms with van der Waals surface area (Å²) < 4.78 is 0. The first kappa shape index (κ1) is 14.3. The van der Waals surface area contributed by atoms with Gasteiger partial charge in [-0.2, -0.15) is 0 Å². The van der Waals surface area contributed by atoms with Gasteiger partial charge in [0.05, 0.1) is 0 Å². The maximum atomic E-state index is 3.76. The van der Waals surface area contributed by atoms with Gasteiger partial charge in [-0.25, -0.2) is 5.01 Å². The fourth-order valence-corrected chi connectivity index (χ4v) is 3.02. The van der Waals surface area contributed by atoms with Crippen molar-refractivity contribution >= 4 is 0 Å². The van der Waals surface area contributed by atoms with Crippen LogP contribution in [0, 0.1) is 0 Å². The zero-order chi connectivity index (χ0) is 12.8. The fraction of sp³-hybridized carbons (Fsp3) is 1.00. The molecule has 1 N–H and O–H groups in total. The van der Waals surface area contributed by atoms with Gasteiger partial charge in [-0.15, -0.1) is 0 Å². The molecule has 18 heavy (non-hydrogen) atoms. The van der Waals surface area contributed by atoms with Crippen LogP contribution < -0.4 is 5.43 Å². The van der Waals surface area contributed by atoms with Gasteiger partial charge >= 0.3 is 0 Å². The lowest BCUT2D eigenvalue weighted by Crippen LogP contribution is -2.53. The van der Waals surface area contributed by atoms with E-state index in [1.807, 2.05) is 0 Å². The SMILES string of the molecule is CCCN1CCCC(NN2CCN(C)CC2)CC1. The summed E-state index contributed by atoms with van der Waals surface area (Å²) >= 11 is 0. The second-order valence-electron chi connectivity index (χ2n) is 5.89. The Balaban J connectivity index is 1.70. The van der Waals surface area contributed by atoms with Gasteiger partial charge in [0, 0.05) is 32.2 Å². The second kappa shape index (κ2) is 7.43. The molecule has 2 aliphatic rings. The van der Waals surface area contributed by atoms with Crippen LogP contribution in [-0.2, 0) is 0 Å². The lowest BCUT2D eigenvalue weighted by molar-refractivity contribution is 0.0833. The topological polar surface area (TPSA) is 21.8 Å². The Morgan fingerprint density at radius 1 is 1.00 bits per heavy atom. The molecular weight excluding hydrogens is 224 g/mol. The lowest BCUT2D eigenvalue weighted by Gasteiger charge is -2.35. The summed E-state index contributed by atoms with van der Waals surface area (Å²) in [5.74, 6) is 0. The third-order valence-corrected chi connectivity index (χ3v) is 4.23.